The molecule has 25 heavy (non-hydrogen) atoms. The van der Waals surface area contributed by atoms with Gasteiger partial charge in [0, 0.05) is 26.1 Å². The second-order valence-electron chi connectivity index (χ2n) is 8.24. The molecule has 0 bridgehead atoms. The second kappa shape index (κ2) is 6.61. The number of nitrogens with two attached hydrogens (primary N) is 1. The van der Waals surface area contributed by atoms with Gasteiger partial charge in [0.2, 0.25) is 5.91 Å². The van der Waals surface area contributed by atoms with Crippen LogP contribution in [-0.4, -0.2) is 43.9 Å². The molecule has 1 aliphatic rings. The maximum Gasteiger partial charge on any atom is 0.225 e. The molecule has 0 aliphatic heterocycles. The van der Waals surface area contributed by atoms with E-state index >= 15 is 0 Å². The molecule has 2 unspecified atom stereocenters. The van der Waals surface area contributed by atoms with Crippen molar-refractivity contribution in [2.75, 3.05) is 19.3 Å². The zero-order chi connectivity index (χ0) is 18.2. The molecular formula is C18H28N6O. The van der Waals surface area contributed by atoms with E-state index in [9.17, 15) is 4.79 Å². The number of rotatable bonds is 4. The van der Waals surface area contributed by atoms with Gasteiger partial charge in [0.25, 0.3) is 0 Å². The van der Waals surface area contributed by atoms with E-state index in [4.69, 9.17) is 5.73 Å². The highest BCUT2D eigenvalue weighted by molar-refractivity contribution is 5.81. The van der Waals surface area contributed by atoms with E-state index in [1.807, 2.05) is 16.5 Å². The highest BCUT2D eigenvalue weighted by atomic mass is 16.2. The van der Waals surface area contributed by atoms with Crippen molar-refractivity contribution in [1.29, 1.82) is 0 Å². The first-order valence-electron chi connectivity index (χ1n) is 8.93. The average Bonchev–Trinajstić information content (AvgIpc) is 2.94. The molecule has 1 saturated carbocycles. The molecule has 1 aliphatic carbocycles. The molecule has 7 nitrogen and oxygen atoms in total. The molecule has 136 valence electrons. The summed E-state index contributed by atoms with van der Waals surface area (Å²) in [4.78, 5) is 27.2. The van der Waals surface area contributed by atoms with Gasteiger partial charge in [0.15, 0.2) is 11.5 Å². The van der Waals surface area contributed by atoms with Crippen LogP contribution in [0, 0.1) is 17.3 Å². The summed E-state index contributed by atoms with van der Waals surface area (Å²) in [6, 6.07) is 0. The molecule has 0 aromatic carbocycles. The smallest absolute Gasteiger partial charge is 0.225 e. The Labute approximate surface area is 148 Å². The Hall–Kier alpha value is -2.18. The molecule has 2 aromatic rings. The number of aromatic nitrogens is 4. The van der Waals surface area contributed by atoms with Crippen LogP contribution >= 0.6 is 0 Å². The maximum absolute atomic E-state index is 12.9. The predicted molar refractivity (Wildman–Crippen MR) is 97.7 cm³/mol. The molecule has 1 amide bonds. The molecule has 0 spiro atoms. The second-order valence-corrected chi connectivity index (χ2v) is 8.24. The van der Waals surface area contributed by atoms with Crippen molar-refractivity contribution in [1.82, 2.24) is 24.4 Å². The van der Waals surface area contributed by atoms with Gasteiger partial charge < -0.3 is 15.2 Å². The lowest BCUT2D eigenvalue weighted by molar-refractivity contribution is -0.137. The number of nitrogen functional groups attached to an aromatic ring is 1. The third-order valence-electron chi connectivity index (χ3n) is 5.22. The lowest BCUT2D eigenvalue weighted by Gasteiger charge is -2.39. The van der Waals surface area contributed by atoms with Crippen LogP contribution in [0.3, 0.4) is 0 Å². The standard InChI is InChI=1S/C18H28N6O/c1-12-7-13(9-18(2,3)8-12)17(25)23(4)5-6-24-11-22-14-15(19)20-10-21-16(14)24/h10-13H,5-9H2,1-4H3,(H2,19,20,21). The van der Waals surface area contributed by atoms with E-state index in [1.54, 1.807) is 6.33 Å². The van der Waals surface area contributed by atoms with E-state index in [2.05, 4.69) is 35.7 Å². The van der Waals surface area contributed by atoms with Crippen LogP contribution in [0.25, 0.3) is 11.2 Å². The summed E-state index contributed by atoms with van der Waals surface area (Å²) in [6.07, 6.45) is 6.31. The quantitative estimate of drug-likeness (QED) is 0.919. The highest BCUT2D eigenvalue weighted by Crippen LogP contribution is 2.42. The molecule has 0 radical (unpaired) electrons. The van der Waals surface area contributed by atoms with Crippen molar-refractivity contribution in [2.45, 2.75) is 46.6 Å². The monoisotopic (exact) mass is 344 g/mol. The average molecular weight is 344 g/mol. The van der Waals surface area contributed by atoms with Crippen molar-refractivity contribution < 1.29 is 4.79 Å². The van der Waals surface area contributed by atoms with Crippen molar-refractivity contribution >= 4 is 22.9 Å². The summed E-state index contributed by atoms with van der Waals surface area (Å²) in [5, 5.41) is 0. The van der Waals surface area contributed by atoms with Gasteiger partial charge in [-0.15, -0.1) is 0 Å². The lowest BCUT2D eigenvalue weighted by Crippen LogP contribution is -2.40. The minimum absolute atomic E-state index is 0.126. The van der Waals surface area contributed by atoms with E-state index in [1.165, 1.54) is 12.7 Å². The summed E-state index contributed by atoms with van der Waals surface area (Å²) in [5.74, 6) is 1.36. The fraction of sp³-hybridized carbons (Fsp3) is 0.667. The van der Waals surface area contributed by atoms with Crippen molar-refractivity contribution in [3.05, 3.63) is 12.7 Å². The Morgan fingerprint density at radius 1 is 1.36 bits per heavy atom. The number of anilines is 1. The molecular weight excluding hydrogens is 316 g/mol. The van der Waals surface area contributed by atoms with Crippen molar-refractivity contribution in [3.63, 3.8) is 0 Å². The Kier molecular flexibility index (Phi) is 4.67. The summed E-state index contributed by atoms with van der Waals surface area (Å²) >= 11 is 0. The van der Waals surface area contributed by atoms with Gasteiger partial charge in [-0.1, -0.05) is 20.8 Å². The number of likely N-dealkylation sites (N-methyl/N-ethyl adjacent to an activating group) is 1. The Morgan fingerprint density at radius 2 is 2.12 bits per heavy atom. The maximum atomic E-state index is 12.9. The van der Waals surface area contributed by atoms with Gasteiger partial charge in [-0.05, 0) is 30.6 Å². The zero-order valence-electron chi connectivity index (χ0n) is 15.6. The Bertz CT molecular complexity index is 768. The summed E-state index contributed by atoms with van der Waals surface area (Å²) in [5.41, 5.74) is 7.38. The number of fused-ring (bicyclic) bond motifs is 1. The number of hydrogen-bond donors (Lipinski definition) is 1. The molecule has 2 N–H and O–H groups in total. The van der Waals surface area contributed by atoms with E-state index in [0.29, 0.717) is 36.0 Å². The molecule has 3 rings (SSSR count). The van der Waals surface area contributed by atoms with Crippen LogP contribution < -0.4 is 5.73 Å². The van der Waals surface area contributed by atoms with E-state index in [-0.39, 0.29) is 17.2 Å². The first kappa shape index (κ1) is 17.6. The molecule has 7 heteroatoms. The van der Waals surface area contributed by atoms with E-state index < -0.39 is 0 Å². The Balaban J connectivity index is 1.64. The fourth-order valence-electron chi connectivity index (χ4n) is 4.28. The number of carbonyl (C=O) groups excluding carboxylic acids is 1. The molecule has 2 atom stereocenters. The summed E-state index contributed by atoms with van der Waals surface area (Å²) in [6.45, 7) is 8.05. The third-order valence-corrected chi connectivity index (χ3v) is 5.22. The van der Waals surface area contributed by atoms with Gasteiger partial charge in [0.05, 0.1) is 6.33 Å². The van der Waals surface area contributed by atoms with Crippen molar-refractivity contribution in [3.8, 4) is 0 Å². The first-order chi connectivity index (χ1) is 11.8. The Morgan fingerprint density at radius 3 is 2.84 bits per heavy atom. The fourth-order valence-corrected chi connectivity index (χ4v) is 4.28. The SMILES string of the molecule is CC1CC(C(=O)N(C)CCn2cnc3c(N)ncnc32)CC(C)(C)C1. The number of carbonyl (C=O) groups is 1. The van der Waals surface area contributed by atoms with Crippen LogP contribution in [0.4, 0.5) is 5.82 Å². The molecule has 0 saturated heterocycles. The van der Waals surface area contributed by atoms with Crippen molar-refractivity contribution in [2.24, 2.45) is 17.3 Å². The van der Waals surface area contributed by atoms with Gasteiger partial charge in [-0.3, -0.25) is 4.79 Å². The lowest BCUT2D eigenvalue weighted by atomic mass is 9.68. The number of imidazole rings is 1. The van der Waals surface area contributed by atoms with Gasteiger partial charge in [-0.25, -0.2) is 15.0 Å². The largest absolute Gasteiger partial charge is 0.382 e. The topological polar surface area (TPSA) is 89.9 Å². The van der Waals surface area contributed by atoms with Crippen LogP contribution in [0.2, 0.25) is 0 Å². The summed E-state index contributed by atoms with van der Waals surface area (Å²) < 4.78 is 1.92. The number of amides is 1. The van der Waals surface area contributed by atoms with Gasteiger partial charge in [-0.2, -0.15) is 0 Å². The number of hydrogen-bond acceptors (Lipinski definition) is 5. The summed E-state index contributed by atoms with van der Waals surface area (Å²) in [7, 11) is 1.89. The number of nitrogens with zero attached hydrogens (tertiary/aromatic N) is 5. The van der Waals surface area contributed by atoms with Gasteiger partial charge >= 0.3 is 0 Å². The molecule has 2 aromatic heterocycles. The predicted octanol–water partition coefficient (Wildman–Crippen LogP) is 2.33. The normalized spacial score (nSPS) is 22.9. The zero-order valence-corrected chi connectivity index (χ0v) is 15.6. The van der Waals surface area contributed by atoms with Crippen LogP contribution in [0.5, 0.6) is 0 Å². The minimum atomic E-state index is 0.126. The molecule has 2 heterocycles. The molecule has 1 fully saturated rings. The van der Waals surface area contributed by atoms with Gasteiger partial charge in [0.1, 0.15) is 11.8 Å². The van der Waals surface area contributed by atoms with Crippen LogP contribution in [0.15, 0.2) is 12.7 Å². The first-order valence-corrected chi connectivity index (χ1v) is 8.93. The van der Waals surface area contributed by atoms with Crippen LogP contribution in [-0.2, 0) is 11.3 Å². The van der Waals surface area contributed by atoms with Crippen LogP contribution in [0.1, 0.15) is 40.0 Å². The highest BCUT2D eigenvalue weighted by Gasteiger charge is 2.36. The van der Waals surface area contributed by atoms with E-state index in [0.717, 1.165) is 12.8 Å². The third kappa shape index (κ3) is 3.75. The minimum Gasteiger partial charge on any atom is -0.382 e.